The van der Waals surface area contributed by atoms with Crippen molar-refractivity contribution in [3.8, 4) is 0 Å². The summed E-state index contributed by atoms with van der Waals surface area (Å²) < 4.78 is 61.6. The predicted molar refractivity (Wildman–Crippen MR) is 51.1 cm³/mol. The van der Waals surface area contributed by atoms with E-state index in [1.165, 1.54) is 0 Å². The number of rotatable bonds is 5. The maximum absolute atomic E-state index is 12.8. The van der Waals surface area contributed by atoms with E-state index in [4.69, 9.17) is 5.73 Å². The summed E-state index contributed by atoms with van der Waals surface area (Å²) in [6.07, 6.45) is -5.53. The third-order valence-corrected chi connectivity index (χ3v) is 3.38. The molecule has 0 bridgehead atoms. The van der Waals surface area contributed by atoms with Crippen LogP contribution in [-0.2, 0) is 0 Å². The fraction of sp³-hybridized carbons (Fsp3) is 1.00. The van der Waals surface area contributed by atoms with Gasteiger partial charge in [-0.25, -0.2) is 0 Å². The van der Waals surface area contributed by atoms with Crippen LogP contribution in [-0.4, -0.2) is 29.6 Å². The molecule has 0 saturated carbocycles. The van der Waals surface area contributed by atoms with Crippen LogP contribution in [0.3, 0.4) is 0 Å². The smallest absolute Gasteiger partial charge is 0.329 e. The minimum atomic E-state index is -5.53. The van der Waals surface area contributed by atoms with Gasteiger partial charge in [0.25, 0.3) is 0 Å². The molecule has 92 valence electrons. The van der Waals surface area contributed by atoms with E-state index < -0.39 is 23.9 Å². The molecule has 15 heavy (non-hydrogen) atoms. The van der Waals surface area contributed by atoms with Crippen molar-refractivity contribution in [1.82, 2.24) is 0 Å². The van der Waals surface area contributed by atoms with Crippen LogP contribution in [0.4, 0.5) is 22.0 Å². The van der Waals surface area contributed by atoms with E-state index in [9.17, 15) is 22.0 Å². The van der Waals surface area contributed by atoms with E-state index in [1.54, 1.807) is 13.8 Å². The van der Waals surface area contributed by atoms with E-state index in [2.05, 4.69) is 0 Å². The normalized spacial score (nSPS) is 15.8. The molecule has 7 heteroatoms. The zero-order valence-electron chi connectivity index (χ0n) is 8.44. The Labute approximate surface area is 89.6 Å². The Balaban J connectivity index is 4.52. The quantitative estimate of drug-likeness (QED) is 0.760. The highest BCUT2D eigenvalue weighted by atomic mass is 32.2. The van der Waals surface area contributed by atoms with Gasteiger partial charge < -0.3 is 5.73 Å². The molecule has 2 N–H and O–H groups in total. The highest BCUT2D eigenvalue weighted by Gasteiger charge is 2.61. The zero-order chi connectivity index (χ0) is 12.3. The maximum Gasteiger partial charge on any atom is 0.454 e. The first-order chi connectivity index (χ1) is 6.63. The molecule has 1 nitrogen and oxygen atoms in total. The van der Waals surface area contributed by atoms with Crippen molar-refractivity contribution in [2.24, 2.45) is 11.7 Å². The Morgan fingerprint density at radius 2 is 1.60 bits per heavy atom. The van der Waals surface area contributed by atoms with Gasteiger partial charge in [-0.3, -0.25) is 0 Å². The maximum atomic E-state index is 12.8. The van der Waals surface area contributed by atoms with Gasteiger partial charge in [-0.05, 0) is 11.7 Å². The summed E-state index contributed by atoms with van der Waals surface area (Å²) in [5.41, 5.74) is 4.94. The van der Waals surface area contributed by atoms with Crippen LogP contribution in [0.2, 0.25) is 0 Å². The minimum absolute atomic E-state index is 0.0492. The van der Waals surface area contributed by atoms with Crippen molar-refractivity contribution in [2.45, 2.75) is 31.2 Å². The van der Waals surface area contributed by atoms with Gasteiger partial charge in [-0.2, -0.15) is 33.7 Å². The van der Waals surface area contributed by atoms with Crippen LogP contribution in [0.15, 0.2) is 0 Å². The summed E-state index contributed by atoms with van der Waals surface area (Å²) in [6.45, 7) is 2.79. The van der Waals surface area contributed by atoms with Crippen LogP contribution >= 0.6 is 11.8 Å². The number of nitrogens with two attached hydrogens (primary N) is 1. The monoisotopic (exact) mass is 251 g/mol. The van der Waals surface area contributed by atoms with E-state index in [0.717, 1.165) is 0 Å². The molecular weight excluding hydrogens is 237 g/mol. The summed E-state index contributed by atoms with van der Waals surface area (Å²) in [5, 5.41) is -1.90. The molecule has 0 amide bonds. The largest absolute Gasteiger partial charge is 0.454 e. The molecule has 0 saturated heterocycles. The highest BCUT2D eigenvalue weighted by molar-refractivity contribution is 8.00. The van der Waals surface area contributed by atoms with Gasteiger partial charge in [-0.1, -0.05) is 13.8 Å². The van der Waals surface area contributed by atoms with Crippen LogP contribution in [0.25, 0.3) is 0 Å². The van der Waals surface area contributed by atoms with Gasteiger partial charge in [0.2, 0.25) is 0 Å². The fourth-order valence-corrected chi connectivity index (χ4v) is 1.91. The van der Waals surface area contributed by atoms with E-state index in [0.29, 0.717) is 11.8 Å². The molecule has 0 rings (SSSR count). The van der Waals surface area contributed by atoms with Gasteiger partial charge in [-0.15, -0.1) is 0 Å². The molecular formula is C8H14F5NS. The number of alkyl halides is 5. The second-order valence-electron chi connectivity index (χ2n) is 3.57. The van der Waals surface area contributed by atoms with Crippen LogP contribution in [0.1, 0.15) is 13.8 Å². The Bertz CT molecular complexity index is 192. The average Bonchev–Trinajstić information content (AvgIpc) is 2.02. The molecule has 0 heterocycles. The molecule has 0 aliphatic rings. The van der Waals surface area contributed by atoms with Gasteiger partial charge in [0.15, 0.2) is 0 Å². The summed E-state index contributed by atoms with van der Waals surface area (Å²) >= 11 is 0.568. The standard InChI is InChI=1S/C8H14F5NS/c1-5(2)4-15-6(3-14)7(9,10)8(11,12)13/h5-6H,3-4,14H2,1-2H3. The molecule has 0 aliphatic heterocycles. The van der Waals surface area contributed by atoms with Crippen LogP contribution in [0.5, 0.6) is 0 Å². The SMILES string of the molecule is CC(C)CSC(CN)C(F)(F)C(F)(F)F. The summed E-state index contributed by atoms with van der Waals surface area (Å²) in [4.78, 5) is 0. The molecule has 1 atom stereocenters. The lowest BCUT2D eigenvalue weighted by Gasteiger charge is -2.27. The lowest BCUT2D eigenvalue weighted by Crippen LogP contribution is -2.48. The van der Waals surface area contributed by atoms with E-state index in [-0.39, 0.29) is 11.7 Å². The lowest BCUT2D eigenvalue weighted by molar-refractivity contribution is -0.280. The molecule has 1 unspecified atom stereocenters. The number of thioether (sulfide) groups is 1. The van der Waals surface area contributed by atoms with Gasteiger partial charge in [0.1, 0.15) is 0 Å². The number of hydrogen-bond acceptors (Lipinski definition) is 2. The van der Waals surface area contributed by atoms with Gasteiger partial charge in [0.05, 0.1) is 5.25 Å². The summed E-state index contributed by atoms with van der Waals surface area (Å²) in [7, 11) is 0. The van der Waals surface area contributed by atoms with Crippen molar-refractivity contribution in [3.63, 3.8) is 0 Å². The summed E-state index contributed by atoms with van der Waals surface area (Å²) in [5.74, 6) is -4.44. The Morgan fingerprint density at radius 3 is 1.87 bits per heavy atom. The molecule has 0 aromatic rings. The second-order valence-corrected chi connectivity index (χ2v) is 4.81. The molecule has 0 spiro atoms. The Hall–Kier alpha value is -0.0400. The van der Waals surface area contributed by atoms with E-state index in [1.807, 2.05) is 0 Å². The number of halogens is 5. The topological polar surface area (TPSA) is 26.0 Å². The second kappa shape index (κ2) is 5.34. The van der Waals surface area contributed by atoms with Crippen molar-refractivity contribution in [1.29, 1.82) is 0 Å². The fourth-order valence-electron chi connectivity index (χ4n) is 0.812. The van der Waals surface area contributed by atoms with Crippen molar-refractivity contribution in [2.75, 3.05) is 12.3 Å². The lowest BCUT2D eigenvalue weighted by atomic mass is 10.2. The third kappa shape index (κ3) is 4.14. The first-order valence-corrected chi connectivity index (χ1v) is 5.44. The molecule has 0 aromatic carbocycles. The Kier molecular flexibility index (Phi) is 5.32. The van der Waals surface area contributed by atoms with Gasteiger partial charge in [0, 0.05) is 6.54 Å². The van der Waals surface area contributed by atoms with Gasteiger partial charge >= 0.3 is 12.1 Å². The van der Waals surface area contributed by atoms with Crippen LogP contribution < -0.4 is 5.73 Å². The van der Waals surface area contributed by atoms with Crippen molar-refractivity contribution in [3.05, 3.63) is 0 Å². The molecule has 0 aromatic heterocycles. The van der Waals surface area contributed by atoms with Crippen molar-refractivity contribution < 1.29 is 22.0 Å². The third-order valence-electron chi connectivity index (χ3n) is 1.63. The average molecular weight is 251 g/mol. The van der Waals surface area contributed by atoms with Crippen molar-refractivity contribution >= 4 is 11.8 Å². The minimum Gasteiger partial charge on any atom is -0.329 e. The first kappa shape index (κ1) is 15.0. The highest BCUT2D eigenvalue weighted by Crippen LogP contribution is 2.42. The van der Waals surface area contributed by atoms with Crippen LogP contribution in [0, 0.1) is 5.92 Å². The zero-order valence-corrected chi connectivity index (χ0v) is 9.26. The first-order valence-electron chi connectivity index (χ1n) is 4.39. The Morgan fingerprint density at radius 1 is 1.13 bits per heavy atom. The molecule has 0 radical (unpaired) electrons. The summed E-state index contributed by atoms with van der Waals surface area (Å²) in [6, 6.07) is 0. The van der Waals surface area contributed by atoms with E-state index >= 15 is 0 Å². The molecule has 0 fully saturated rings. The molecule has 0 aliphatic carbocycles. The predicted octanol–water partition coefficient (Wildman–Crippen LogP) is 2.90. The number of hydrogen-bond donors (Lipinski definition) is 1.